The quantitative estimate of drug-likeness (QED) is 0.344. The van der Waals surface area contributed by atoms with Crippen LogP contribution in [0.1, 0.15) is 19.8 Å². The summed E-state index contributed by atoms with van der Waals surface area (Å²) in [6.45, 7) is 6.05. The maximum Gasteiger partial charge on any atom is 0.469 e. The number of rotatable bonds is 4. The highest BCUT2D eigenvalue weighted by molar-refractivity contribution is 6.43. The first kappa shape index (κ1) is 12.7. The minimum Gasteiger partial charge on any atom is -0.426 e. The topological polar surface area (TPSA) is 90.0 Å². The number of hydrogen-bond donors (Lipinski definition) is 4. The van der Waals surface area contributed by atoms with Gasteiger partial charge in [-0.1, -0.05) is 12.2 Å². The van der Waals surface area contributed by atoms with Crippen LogP contribution in [0.2, 0.25) is 0 Å². The lowest BCUT2D eigenvalue weighted by molar-refractivity contribution is -0.00578. The number of likely N-dealkylation sites (tertiary alicyclic amines) is 1. The number of nitrogens with zero attached hydrogens (tertiary/aromatic N) is 1. The van der Waals surface area contributed by atoms with Gasteiger partial charge in [-0.15, -0.1) is 0 Å². The monoisotopic (exact) mass is 214 g/mol. The van der Waals surface area contributed by atoms with Gasteiger partial charge in [-0.3, -0.25) is 4.90 Å². The Morgan fingerprint density at radius 2 is 2.20 bits per heavy atom. The molecule has 0 amide bonds. The summed E-state index contributed by atoms with van der Waals surface area (Å²) >= 11 is 0. The zero-order valence-corrected chi connectivity index (χ0v) is 9.00. The summed E-state index contributed by atoms with van der Waals surface area (Å²) in [4.78, 5) is 1.63. The van der Waals surface area contributed by atoms with Crippen molar-refractivity contribution >= 4 is 7.12 Å². The van der Waals surface area contributed by atoms with E-state index in [1.165, 1.54) is 0 Å². The standard InChI is InChI=1S/C9H19BN2O3/c1-6(2)8(11)9(13)12-5-3-4-7(12)10(14)15/h7-9,13-15H,1,3-5,11H2,2H3. The van der Waals surface area contributed by atoms with Crippen LogP contribution in [0.15, 0.2) is 12.2 Å². The van der Waals surface area contributed by atoms with Gasteiger partial charge >= 0.3 is 7.12 Å². The molecule has 1 aliphatic rings. The van der Waals surface area contributed by atoms with E-state index < -0.39 is 25.3 Å². The molecule has 0 aliphatic carbocycles. The SMILES string of the molecule is C=C(C)C(N)C(O)N1CCCC1B(O)O. The van der Waals surface area contributed by atoms with Crippen molar-refractivity contribution in [3.05, 3.63) is 12.2 Å². The Kier molecular flexibility index (Phi) is 4.30. The molecule has 3 atom stereocenters. The molecule has 0 aromatic rings. The zero-order valence-electron chi connectivity index (χ0n) is 9.00. The second-order valence-corrected chi connectivity index (χ2v) is 4.15. The van der Waals surface area contributed by atoms with Crippen molar-refractivity contribution in [3.63, 3.8) is 0 Å². The minimum absolute atomic E-state index is 0.426. The Morgan fingerprint density at radius 1 is 1.60 bits per heavy atom. The fraction of sp³-hybridized carbons (Fsp3) is 0.778. The van der Waals surface area contributed by atoms with Gasteiger partial charge in [0.25, 0.3) is 0 Å². The largest absolute Gasteiger partial charge is 0.469 e. The van der Waals surface area contributed by atoms with E-state index in [-0.39, 0.29) is 0 Å². The minimum atomic E-state index is -1.43. The Bertz CT molecular complexity index is 237. The zero-order chi connectivity index (χ0) is 11.6. The van der Waals surface area contributed by atoms with Gasteiger partial charge in [0, 0.05) is 12.5 Å². The third kappa shape index (κ3) is 2.79. The Hall–Kier alpha value is -0.395. The molecule has 1 aliphatic heterocycles. The van der Waals surface area contributed by atoms with Crippen molar-refractivity contribution in [2.24, 2.45) is 5.73 Å². The summed E-state index contributed by atoms with van der Waals surface area (Å²) in [7, 11) is -1.43. The van der Waals surface area contributed by atoms with Crippen LogP contribution < -0.4 is 5.73 Å². The first-order valence-electron chi connectivity index (χ1n) is 5.16. The summed E-state index contributed by atoms with van der Waals surface area (Å²) in [6.07, 6.45) is 0.608. The van der Waals surface area contributed by atoms with E-state index in [9.17, 15) is 5.11 Å². The first-order chi connectivity index (χ1) is 6.95. The molecule has 5 N–H and O–H groups in total. The fourth-order valence-electron chi connectivity index (χ4n) is 1.92. The molecule has 1 fully saturated rings. The van der Waals surface area contributed by atoms with E-state index in [2.05, 4.69) is 6.58 Å². The molecule has 15 heavy (non-hydrogen) atoms. The van der Waals surface area contributed by atoms with Gasteiger partial charge in [-0.05, 0) is 19.8 Å². The van der Waals surface area contributed by atoms with Crippen LogP contribution in [0.3, 0.4) is 0 Å². The van der Waals surface area contributed by atoms with E-state index in [0.29, 0.717) is 18.5 Å². The third-order valence-electron chi connectivity index (χ3n) is 2.92. The Labute approximate surface area is 90.3 Å². The molecule has 0 aromatic heterocycles. The van der Waals surface area contributed by atoms with E-state index in [0.717, 1.165) is 6.42 Å². The predicted molar refractivity (Wildman–Crippen MR) is 58.7 cm³/mol. The molecule has 1 saturated heterocycles. The summed E-state index contributed by atoms with van der Waals surface area (Å²) in [5.74, 6) is -0.426. The lowest BCUT2D eigenvalue weighted by Crippen LogP contribution is -2.54. The molecule has 0 saturated carbocycles. The van der Waals surface area contributed by atoms with Crippen LogP contribution in [0.25, 0.3) is 0 Å². The smallest absolute Gasteiger partial charge is 0.426 e. The van der Waals surface area contributed by atoms with Crippen LogP contribution in [0, 0.1) is 0 Å². The van der Waals surface area contributed by atoms with Gasteiger partial charge < -0.3 is 20.9 Å². The highest BCUT2D eigenvalue weighted by Crippen LogP contribution is 2.22. The maximum atomic E-state index is 9.93. The second kappa shape index (κ2) is 5.09. The molecule has 0 spiro atoms. The van der Waals surface area contributed by atoms with E-state index in [4.69, 9.17) is 15.8 Å². The molecule has 6 heteroatoms. The lowest BCUT2D eigenvalue weighted by Gasteiger charge is -2.32. The molecule has 0 aromatic carbocycles. The highest BCUT2D eigenvalue weighted by Gasteiger charge is 2.39. The first-order valence-corrected chi connectivity index (χ1v) is 5.16. The van der Waals surface area contributed by atoms with Crippen molar-refractivity contribution in [2.75, 3.05) is 6.54 Å². The summed E-state index contributed by atoms with van der Waals surface area (Å²) in [5, 5.41) is 28.2. The van der Waals surface area contributed by atoms with Crippen LogP contribution in [0.4, 0.5) is 0 Å². The molecular formula is C9H19BN2O3. The molecule has 0 radical (unpaired) electrons. The number of aliphatic hydroxyl groups excluding tert-OH is 1. The van der Waals surface area contributed by atoms with Crippen molar-refractivity contribution in [3.8, 4) is 0 Å². The van der Waals surface area contributed by atoms with Crippen molar-refractivity contribution in [1.29, 1.82) is 0 Å². The van der Waals surface area contributed by atoms with Crippen LogP contribution in [0.5, 0.6) is 0 Å². The average molecular weight is 214 g/mol. The van der Waals surface area contributed by atoms with Crippen LogP contribution in [-0.4, -0.2) is 51.9 Å². The molecule has 5 nitrogen and oxygen atoms in total. The van der Waals surface area contributed by atoms with Crippen molar-refractivity contribution in [1.82, 2.24) is 4.90 Å². The molecule has 86 valence electrons. The Balaban J connectivity index is 2.65. The number of hydrogen-bond acceptors (Lipinski definition) is 5. The van der Waals surface area contributed by atoms with Crippen molar-refractivity contribution < 1.29 is 15.2 Å². The van der Waals surface area contributed by atoms with Crippen LogP contribution >= 0.6 is 0 Å². The van der Waals surface area contributed by atoms with Crippen LogP contribution in [-0.2, 0) is 0 Å². The van der Waals surface area contributed by atoms with E-state index in [1.807, 2.05) is 0 Å². The molecule has 1 rings (SSSR count). The third-order valence-corrected chi connectivity index (χ3v) is 2.92. The van der Waals surface area contributed by atoms with Gasteiger partial charge in [0.1, 0.15) is 6.23 Å². The molecular weight excluding hydrogens is 195 g/mol. The number of nitrogens with two attached hydrogens (primary N) is 1. The van der Waals surface area contributed by atoms with Gasteiger partial charge in [0.05, 0.1) is 6.04 Å². The summed E-state index contributed by atoms with van der Waals surface area (Å²) in [5.41, 5.74) is 6.43. The van der Waals surface area contributed by atoms with Gasteiger partial charge in [0.15, 0.2) is 0 Å². The van der Waals surface area contributed by atoms with Gasteiger partial charge in [-0.2, -0.15) is 0 Å². The number of aliphatic hydroxyl groups is 1. The lowest BCUT2D eigenvalue weighted by atomic mass is 9.77. The van der Waals surface area contributed by atoms with Crippen molar-refractivity contribution in [2.45, 2.75) is 38.0 Å². The molecule has 1 heterocycles. The van der Waals surface area contributed by atoms with E-state index in [1.54, 1.807) is 11.8 Å². The summed E-state index contributed by atoms with van der Waals surface area (Å²) < 4.78 is 0. The highest BCUT2D eigenvalue weighted by atomic mass is 16.4. The maximum absolute atomic E-state index is 9.93. The van der Waals surface area contributed by atoms with Gasteiger partial charge in [0.2, 0.25) is 0 Å². The van der Waals surface area contributed by atoms with Gasteiger partial charge in [-0.25, -0.2) is 0 Å². The molecule has 3 unspecified atom stereocenters. The Morgan fingerprint density at radius 3 is 2.67 bits per heavy atom. The summed E-state index contributed by atoms with van der Waals surface area (Å²) in [6, 6.07) is -0.552. The average Bonchev–Trinajstić information content (AvgIpc) is 2.63. The molecule has 0 bridgehead atoms. The predicted octanol–water partition coefficient (Wildman–Crippen LogP) is -1.32. The second-order valence-electron chi connectivity index (χ2n) is 4.15. The normalized spacial score (nSPS) is 26.3. The fourth-order valence-corrected chi connectivity index (χ4v) is 1.92. The van der Waals surface area contributed by atoms with E-state index >= 15 is 0 Å².